The Morgan fingerprint density at radius 2 is 1.89 bits per heavy atom. The van der Waals surface area contributed by atoms with Crippen LogP contribution in [-0.2, 0) is 6.42 Å². The Bertz CT molecular complexity index is 915. The number of carbonyl (C=O) groups excluding carboxylic acids is 1. The van der Waals surface area contributed by atoms with Crippen molar-refractivity contribution in [2.45, 2.75) is 26.2 Å². The Balaban J connectivity index is 1.31. The van der Waals surface area contributed by atoms with Crippen molar-refractivity contribution >= 4 is 17.7 Å². The van der Waals surface area contributed by atoms with Crippen molar-refractivity contribution in [3.63, 3.8) is 0 Å². The molecule has 0 radical (unpaired) electrons. The number of amides is 1. The van der Waals surface area contributed by atoms with Crippen molar-refractivity contribution < 1.29 is 9.32 Å². The molecule has 1 aliphatic heterocycles. The molecule has 0 saturated carbocycles. The Morgan fingerprint density at radius 3 is 2.54 bits per heavy atom. The first kappa shape index (κ1) is 18.2. The lowest BCUT2D eigenvalue weighted by atomic mass is 9.90. The van der Waals surface area contributed by atoms with Crippen LogP contribution in [-0.4, -0.2) is 39.0 Å². The van der Waals surface area contributed by atoms with Gasteiger partial charge in [0.1, 0.15) is 5.76 Å². The molecule has 0 atom stereocenters. The van der Waals surface area contributed by atoms with Crippen molar-refractivity contribution in [3.05, 3.63) is 65.7 Å². The second kappa shape index (κ2) is 8.21. The van der Waals surface area contributed by atoms with Gasteiger partial charge in [-0.2, -0.15) is 0 Å². The molecule has 3 aromatic rings. The average Bonchev–Trinajstić information content (AvgIpc) is 3.14. The topological polar surface area (TPSA) is 84.2 Å². The third-order valence-electron chi connectivity index (χ3n) is 5.04. The summed E-state index contributed by atoms with van der Waals surface area (Å²) >= 11 is 0. The van der Waals surface area contributed by atoms with Gasteiger partial charge < -0.3 is 14.7 Å². The van der Waals surface area contributed by atoms with Gasteiger partial charge in [-0.15, -0.1) is 0 Å². The van der Waals surface area contributed by atoms with Gasteiger partial charge in [0.2, 0.25) is 5.95 Å². The largest absolute Gasteiger partial charge is 0.360 e. The number of carbonyl (C=O) groups is 1. The molecule has 7 heteroatoms. The first-order chi connectivity index (χ1) is 13.7. The summed E-state index contributed by atoms with van der Waals surface area (Å²) in [6, 6.07) is 12.3. The third-order valence-corrected chi connectivity index (χ3v) is 5.04. The van der Waals surface area contributed by atoms with E-state index in [1.165, 1.54) is 5.56 Å². The van der Waals surface area contributed by atoms with Crippen LogP contribution in [0.2, 0.25) is 0 Å². The summed E-state index contributed by atoms with van der Waals surface area (Å²) < 4.78 is 5.00. The van der Waals surface area contributed by atoms with Crippen LogP contribution in [0.25, 0.3) is 0 Å². The maximum absolute atomic E-state index is 12.7. The lowest BCUT2D eigenvalue weighted by molar-refractivity contribution is 0.0689. The Morgan fingerprint density at radius 1 is 1.18 bits per heavy atom. The molecule has 7 nitrogen and oxygen atoms in total. The first-order valence-electron chi connectivity index (χ1n) is 9.53. The maximum Gasteiger partial charge on any atom is 0.256 e. The highest BCUT2D eigenvalue weighted by Gasteiger charge is 2.24. The molecule has 0 bridgehead atoms. The van der Waals surface area contributed by atoms with Gasteiger partial charge in [0.05, 0.1) is 5.56 Å². The van der Waals surface area contributed by atoms with Gasteiger partial charge in [-0.25, -0.2) is 9.97 Å². The Kier molecular flexibility index (Phi) is 5.32. The standard InChI is InChI=1S/C21H23N5O2/c1-15-11-19(25-28-15)24-21-22-13-18(14-23-21)20(27)26-9-7-17(8-10-26)12-16-5-3-2-4-6-16/h2-6,11,13-14,17H,7-10,12H2,1H3,(H,22,23,24,25). The molecule has 1 aliphatic rings. The number of benzene rings is 1. The van der Waals surface area contributed by atoms with Crippen LogP contribution in [0.3, 0.4) is 0 Å². The highest BCUT2D eigenvalue weighted by Crippen LogP contribution is 2.23. The fourth-order valence-electron chi connectivity index (χ4n) is 3.51. The average molecular weight is 377 g/mol. The van der Waals surface area contributed by atoms with E-state index in [1.54, 1.807) is 18.5 Å². The number of hydrogen-bond acceptors (Lipinski definition) is 6. The van der Waals surface area contributed by atoms with Gasteiger partial charge in [0, 0.05) is 31.5 Å². The van der Waals surface area contributed by atoms with Gasteiger partial charge in [0.25, 0.3) is 5.91 Å². The summed E-state index contributed by atoms with van der Waals surface area (Å²) in [6.45, 7) is 3.35. The van der Waals surface area contributed by atoms with Crippen molar-refractivity contribution in [2.24, 2.45) is 5.92 Å². The Labute approximate surface area is 163 Å². The van der Waals surface area contributed by atoms with Gasteiger partial charge in [0.15, 0.2) is 5.82 Å². The van der Waals surface area contributed by atoms with E-state index in [9.17, 15) is 4.79 Å². The number of nitrogens with zero attached hydrogens (tertiary/aromatic N) is 4. The van der Waals surface area contributed by atoms with Gasteiger partial charge >= 0.3 is 0 Å². The van der Waals surface area contributed by atoms with Gasteiger partial charge in [-0.1, -0.05) is 35.5 Å². The van der Waals surface area contributed by atoms with E-state index >= 15 is 0 Å². The van der Waals surface area contributed by atoms with E-state index in [4.69, 9.17) is 4.52 Å². The van der Waals surface area contributed by atoms with E-state index in [1.807, 2.05) is 17.9 Å². The second-order valence-corrected chi connectivity index (χ2v) is 7.17. The van der Waals surface area contributed by atoms with Gasteiger partial charge in [-0.3, -0.25) is 4.79 Å². The van der Waals surface area contributed by atoms with E-state index in [-0.39, 0.29) is 5.91 Å². The predicted octanol–water partition coefficient (Wildman–Crippen LogP) is 3.61. The summed E-state index contributed by atoms with van der Waals surface area (Å²) in [6.07, 6.45) is 6.23. The zero-order chi connectivity index (χ0) is 19.3. The van der Waals surface area contributed by atoms with Crippen LogP contribution < -0.4 is 5.32 Å². The minimum atomic E-state index is -0.0120. The zero-order valence-corrected chi connectivity index (χ0v) is 15.8. The molecule has 1 saturated heterocycles. The van der Waals surface area contributed by atoms with Crippen LogP contribution in [0.4, 0.5) is 11.8 Å². The SMILES string of the molecule is Cc1cc(Nc2ncc(C(=O)N3CCC(Cc4ccccc4)CC3)cn2)no1. The number of aryl methyl sites for hydroxylation is 1. The summed E-state index contributed by atoms with van der Waals surface area (Å²) in [5.74, 6) is 2.23. The molecule has 1 amide bonds. The third kappa shape index (κ3) is 4.36. The molecule has 1 fully saturated rings. The lowest BCUT2D eigenvalue weighted by Crippen LogP contribution is -2.39. The zero-order valence-electron chi connectivity index (χ0n) is 15.8. The normalized spacial score (nSPS) is 14.8. The molecule has 2 aromatic heterocycles. The highest BCUT2D eigenvalue weighted by atomic mass is 16.5. The molecule has 144 valence electrons. The van der Waals surface area contributed by atoms with E-state index < -0.39 is 0 Å². The number of anilines is 2. The van der Waals surface area contributed by atoms with Crippen LogP contribution in [0.5, 0.6) is 0 Å². The summed E-state index contributed by atoms with van der Waals surface area (Å²) in [5.41, 5.74) is 1.87. The molecule has 28 heavy (non-hydrogen) atoms. The van der Waals surface area contributed by atoms with Crippen LogP contribution in [0.15, 0.2) is 53.3 Å². The van der Waals surface area contributed by atoms with Crippen molar-refractivity contribution in [1.82, 2.24) is 20.0 Å². The summed E-state index contributed by atoms with van der Waals surface area (Å²) in [5, 5.41) is 6.79. The number of aromatic nitrogens is 3. The van der Waals surface area contributed by atoms with E-state index in [2.05, 4.69) is 44.7 Å². The summed E-state index contributed by atoms with van der Waals surface area (Å²) in [7, 11) is 0. The minimum Gasteiger partial charge on any atom is -0.360 e. The monoisotopic (exact) mass is 377 g/mol. The maximum atomic E-state index is 12.7. The molecule has 1 aromatic carbocycles. The summed E-state index contributed by atoms with van der Waals surface area (Å²) in [4.78, 5) is 23.1. The van der Waals surface area contributed by atoms with Crippen LogP contribution in [0.1, 0.15) is 34.5 Å². The Hall–Kier alpha value is -3.22. The quantitative estimate of drug-likeness (QED) is 0.731. The smallest absolute Gasteiger partial charge is 0.256 e. The molecule has 0 spiro atoms. The number of piperidine rings is 1. The predicted molar refractivity (Wildman–Crippen MR) is 105 cm³/mol. The van der Waals surface area contributed by atoms with Crippen LogP contribution in [0, 0.1) is 12.8 Å². The molecule has 3 heterocycles. The van der Waals surface area contributed by atoms with Crippen molar-refractivity contribution in [3.8, 4) is 0 Å². The van der Waals surface area contributed by atoms with Crippen LogP contribution >= 0.6 is 0 Å². The molecule has 0 aliphatic carbocycles. The number of rotatable bonds is 5. The highest BCUT2D eigenvalue weighted by molar-refractivity contribution is 5.93. The molecule has 0 unspecified atom stereocenters. The molecular weight excluding hydrogens is 354 g/mol. The molecular formula is C21H23N5O2. The van der Waals surface area contributed by atoms with Gasteiger partial charge in [-0.05, 0) is 37.7 Å². The van der Waals surface area contributed by atoms with Crippen molar-refractivity contribution in [1.29, 1.82) is 0 Å². The molecule has 4 rings (SSSR count). The van der Waals surface area contributed by atoms with Crippen molar-refractivity contribution in [2.75, 3.05) is 18.4 Å². The molecule has 1 N–H and O–H groups in total. The fraction of sp³-hybridized carbons (Fsp3) is 0.333. The minimum absolute atomic E-state index is 0.0120. The van der Waals surface area contributed by atoms with E-state index in [0.717, 1.165) is 32.4 Å². The first-order valence-corrected chi connectivity index (χ1v) is 9.53. The number of nitrogens with one attached hydrogen (secondary N) is 1. The number of hydrogen-bond donors (Lipinski definition) is 1. The second-order valence-electron chi connectivity index (χ2n) is 7.17. The van der Waals surface area contributed by atoms with E-state index in [0.29, 0.717) is 29.0 Å². The number of likely N-dealkylation sites (tertiary alicyclic amines) is 1. The lowest BCUT2D eigenvalue weighted by Gasteiger charge is -2.32. The fourth-order valence-corrected chi connectivity index (χ4v) is 3.51.